The van der Waals surface area contributed by atoms with E-state index in [0.717, 1.165) is 5.56 Å². The van der Waals surface area contributed by atoms with E-state index in [1.54, 1.807) is 5.51 Å². The molecule has 0 saturated carbocycles. The van der Waals surface area contributed by atoms with E-state index in [1.165, 1.54) is 17.6 Å². The minimum Gasteiger partial charge on any atom is -0.479 e. The lowest BCUT2D eigenvalue weighted by Crippen LogP contribution is -1.82. The van der Waals surface area contributed by atoms with Gasteiger partial charge in [-0.05, 0) is 12.1 Å². The Labute approximate surface area is 112 Å². The highest BCUT2D eigenvalue weighted by Gasteiger charge is 2.11. The topological polar surface area (TPSA) is 84.4 Å². The number of aromatic nitrogens is 3. The van der Waals surface area contributed by atoms with Gasteiger partial charge in [0.2, 0.25) is 11.0 Å². The van der Waals surface area contributed by atoms with Gasteiger partial charge in [0.05, 0.1) is 6.21 Å². The molecule has 2 aromatic heterocycles. The largest absolute Gasteiger partial charge is 0.479 e. The van der Waals surface area contributed by atoms with E-state index in [0.29, 0.717) is 11.0 Å². The molecule has 3 aromatic rings. The van der Waals surface area contributed by atoms with E-state index in [9.17, 15) is 5.11 Å². The average Bonchev–Trinajstić information content (AvgIpc) is 3.07. The highest BCUT2D eigenvalue weighted by Crippen LogP contribution is 2.25. The molecule has 7 heteroatoms. The monoisotopic (exact) mass is 272 g/mol. The number of aliphatic imine (C=N–C) groups is 1. The van der Waals surface area contributed by atoms with Crippen LogP contribution in [0.5, 0.6) is 5.95 Å². The molecule has 1 aromatic carbocycles. The van der Waals surface area contributed by atoms with Gasteiger partial charge in [-0.2, -0.15) is 0 Å². The maximum absolute atomic E-state index is 9.67. The van der Waals surface area contributed by atoms with Crippen LogP contribution < -0.4 is 0 Å². The van der Waals surface area contributed by atoms with Crippen molar-refractivity contribution >= 4 is 22.7 Å². The quantitative estimate of drug-likeness (QED) is 0.741. The molecular weight excluding hydrogens is 264 g/mol. The molecule has 19 heavy (non-hydrogen) atoms. The molecule has 0 atom stereocenters. The Balaban J connectivity index is 1.90. The highest BCUT2D eigenvalue weighted by atomic mass is 32.1. The normalized spacial score (nSPS) is 11.2. The van der Waals surface area contributed by atoms with E-state index in [1.807, 2.05) is 30.3 Å². The second-order valence-corrected chi connectivity index (χ2v) is 4.37. The van der Waals surface area contributed by atoms with Crippen LogP contribution in [0, 0.1) is 0 Å². The lowest BCUT2D eigenvalue weighted by Gasteiger charge is -1.91. The maximum Gasteiger partial charge on any atom is 0.312 e. The van der Waals surface area contributed by atoms with Crippen molar-refractivity contribution in [2.45, 2.75) is 0 Å². The number of hydrogen-bond acceptors (Lipinski definition) is 7. The summed E-state index contributed by atoms with van der Waals surface area (Å²) in [6.45, 7) is 0. The first-order chi connectivity index (χ1) is 9.33. The predicted molar refractivity (Wildman–Crippen MR) is 70.8 cm³/mol. The van der Waals surface area contributed by atoms with Gasteiger partial charge in [-0.25, -0.2) is 9.98 Å². The van der Waals surface area contributed by atoms with Gasteiger partial charge in [-0.15, -0.1) is 10.2 Å². The molecule has 0 saturated heterocycles. The van der Waals surface area contributed by atoms with E-state index in [-0.39, 0.29) is 11.6 Å². The minimum atomic E-state index is -0.271. The second kappa shape index (κ2) is 4.99. The SMILES string of the molecule is Oc1oc(-c2ccccc2)nc1C=Nc1nncs1. The van der Waals surface area contributed by atoms with Gasteiger partial charge < -0.3 is 9.52 Å². The summed E-state index contributed by atoms with van der Waals surface area (Å²) in [6, 6.07) is 9.31. The van der Waals surface area contributed by atoms with Crippen LogP contribution in [0.15, 0.2) is 45.3 Å². The molecule has 0 unspecified atom stereocenters. The molecule has 94 valence electrons. The summed E-state index contributed by atoms with van der Waals surface area (Å²) >= 11 is 1.29. The van der Waals surface area contributed by atoms with Crippen molar-refractivity contribution in [3.8, 4) is 17.4 Å². The zero-order valence-electron chi connectivity index (χ0n) is 9.59. The van der Waals surface area contributed by atoms with E-state index < -0.39 is 0 Å². The number of hydrogen-bond donors (Lipinski definition) is 1. The lowest BCUT2D eigenvalue weighted by atomic mass is 10.2. The Morgan fingerprint density at radius 3 is 2.84 bits per heavy atom. The fourth-order valence-corrected chi connectivity index (χ4v) is 1.85. The van der Waals surface area contributed by atoms with Gasteiger partial charge in [0.15, 0.2) is 5.69 Å². The van der Waals surface area contributed by atoms with Crippen LogP contribution in [0.25, 0.3) is 11.5 Å². The molecule has 0 aliphatic rings. The summed E-state index contributed by atoms with van der Waals surface area (Å²) in [4.78, 5) is 8.21. The smallest absolute Gasteiger partial charge is 0.312 e. The van der Waals surface area contributed by atoms with Crippen LogP contribution in [0.2, 0.25) is 0 Å². The Kier molecular flexibility index (Phi) is 3.03. The molecule has 0 amide bonds. The van der Waals surface area contributed by atoms with Gasteiger partial charge in [0.1, 0.15) is 5.51 Å². The summed E-state index contributed by atoms with van der Waals surface area (Å²) in [7, 11) is 0. The van der Waals surface area contributed by atoms with Crippen LogP contribution in [0.3, 0.4) is 0 Å². The molecule has 0 spiro atoms. The molecule has 0 aliphatic heterocycles. The van der Waals surface area contributed by atoms with Gasteiger partial charge in [-0.1, -0.05) is 29.5 Å². The number of nitrogens with zero attached hydrogens (tertiary/aromatic N) is 4. The Hall–Kier alpha value is -2.54. The first-order valence-corrected chi connectivity index (χ1v) is 6.26. The Morgan fingerprint density at radius 1 is 1.26 bits per heavy atom. The van der Waals surface area contributed by atoms with Gasteiger partial charge in [-0.3, -0.25) is 0 Å². The Morgan fingerprint density at radius 2 is 2.11 bits per heavy atom. The van der Waals surface area contributed by atoms with Crippen molar-refractivity contribution < 1.29 is 9.52 Å². The first-order valence-electron chi connectivity index (χ1n) is 5.38. The standard InChI is InChI=1S/C12H8N4O2S/c17-11-9(6-13-12-16-14-7-19-12)15-10(18-11)8-4-2-1-3-5-8/h1-7,17H. The zero-order valence-corrected chi connectivity index (χ0v) is 10.4. The first kappa shape index (κ1) is 11.5. The number of aromatic hydroxyl groups is 1. The van der Waals surface area contributed by atoms with Crippen molar-refractivity contribution in [2.24, 2.45) is 4.99 Å². The minimum absolute atomic E-state index is 0.258. The maximum atomic E-state index is 9.67. The van der Waals surface area contributed by atoms with Crippen molar-refractivity contribution in [2.75, 3.05) is 0 Å². The third-order valence-electron chi connectivity index (χ3n) is 2.30. The lowest BCUT2D eigenvalue weighted by molar-refractivity contribution is 0.337. The molecule has 2 heterocycles. The highest BCUT2D eigenvalue weighted by molar-refractivity contribution is 7.13. The van der Waals surface area contributed by atoms with Crippen LogP contribution in [-0.2, 0) is 0 Å². The predicted octanol–water partition coefficient (Wildman–Crippen LogP) is 2.65. The van der Waals surface area contributed by atoms with E-state index in [2.05, 4.69) is 20.2 Å². The fourth-order valence-electron chi connectivity index (χ4n) is 1.45. The third kappa shape index (κ3) is 2.50. The number of benzene rings is 1. The fraction of sp³-hybridized carbons (Fsp3) is 0. The Bertz CT molecular complexity index is 692. The van der Waals surface area contributed by atoms with E-state index in [4.69, 9.17) is 4.42 Å². The number of rotatable bonds is 3. The molecule has 0 aliphatic carbocycles. The second-order valence-electron chi connectivity index (χ2n) is 3.55. The molecule has 1 N–H and O–H groups in total. The molecule has 6 nitrogen and oxygen atoms in total. The molecule has 3 rings (SSSR count). The van der Waals surface area contributed by atoms with Gasteiger partial charge >= 0.3 is 5.95 Å². The summed E-state index contributed by atoms with van der Waals surface area (Å²) in [5, 5.41) is 17.6. The summed E-state index contributed by atoms with van der Waals surface area (Å²) in [6.07, 6.45) is 1.39. The van der Waals surface area contributed by atoms with Crippen molar-refractivity contribution in [1.82, 2.24) is 15.2 Å². The van der Waals surface area contributed by atoms with E-state index >= 15 is 0 Å². The molecular formula is C12H8N4O2S. The van der Waals surface area contributed by atoms with Crippen LogP contribution in [-0.4, -0.2) is 26.5 Å². The van der Waals surface area contributed by atoms with Crippen molar-refractivity contribution in [1.29, 1.82) is 0 Å². The summed E-state index contributed by atoms with van der Waals surface area (Å²) < 4.78 is 5.19. The van der Waals surface area contributed by atoms with Crippen LogP contribution in [0.4, 0.5) is 5.13 Å². The average molecular weight is 272 g/mol. The molecule has 0 radical (unpaired) electrons. The number of oxazole rings is 1. The molecule has 0 bridgehead atoms. The van der Waals surface area contributed by atoms with Crippen molar-refractivity contribution in [3.05, 3.63) is 41.5 Å². The zero-order chi connectivity index (χ0) is 13.1. The molecule has 0 fully saturated rings. The summed E-state index contributed by atoms with van der Waals surface area (Å²) in [5.74, 6) is 0.0731. The van der Waals surface area contributed by atoms with Crippen LogP contribution in [0.1, 0.15) is 5.69 Å². The third-order valence-corrected chi connectivity index (χ3v) is 2.90. The van der Waals surface area contributed by atoms with Gasteiger partial charge in [0.25, 0.3) is 0 Å². The van der Waals surface area contributed by atoms with Crippen molar-refractivity contribution in [3.63, 3.8) is 0 Å². The van der Waals surface area contributed by atoms with Crippen LogP contribution >= 0.6 is 11.3 Å². The summed E-state index contributed by atoms with van der Waals surface area (Å²) in [5.41, 5.74) is 2.62. The van der Waals surface area contributed by atoms with Gasteiger partial charge in [0, 0.05) is 5.56 Å².